The molecule has 0 bridgehead atoms. The fourth-order valence-electron chi connectivity index (χ4n) is 2.94. The van der Waals surface area contributed by atoms with E-state index in [0.29, 0.717) is 0 Å². The van der Waals surface area contributed by atoms with Gasteiger partial charge in [0.25, 0.3) is 0 Å². The minimum absolute atomic E-state index is 0. The average Bonchev–Trinajstić information content (AvgIpc) is 2.73. The molecule has 0 amide bonds. The summed E-state index contributed by atoms with van der Waals surface area (Å²) in [4.78, 5) is 6.59. The van der Waals surface area contributed by atoms with Gasteiger partial charge in [0.1, 0.15) is 5.75 Å². The highest BCUT2D eigenvalue weighted by molar-refractivity contribution is 14.0. The predicted molar refractivity (Wildman–Crippen MR) is 130 cm³/mol. The first-order chi connectivity index (χ1) is 13.2. The van der Waals surface area contributed by atoms with Crippen LogP contribution in [0.2, 0.25) is 0 Å². The molecular formula is C22H33IN4O. The number of ether oxygens (including phenoxy) is 1. The zero-order chi connectivity index (χ0) is 19.3. The highest BCUT2D eigenvalue weighted by Crippen LogP contribution is 2.17. The van der Waals surface area contributed by atoms with Gasteiger partial charge in [-0.15, -0.1) is 24.0 Å². The minimum atomic E-state index is 0. The third-order valence-electron chi connectivity index (χ3n) is 4.51. The zero-order valence-electron chi connectivity index (χ0n) is 17.1. The van der Waals surface area contributed by atoms with E-state index in [2.05, 4.69) is 57.9 Å². The lowest BCUT2D eigenvalue weighted by Gasteiger charge is -2.19. The monoisotopic (exact) mass is 496 g/mol. The number of hydrogen-bond acceptors (Lipinski definition) is 3. The molecule has 6 heteroatoms. The Hall–Kier alpha value is -1.96. The molecule has 0 aliphatic carbocycles. The van der Waals surface area contributed by atoms with Crippen molar-refractivity contribution in [3.63, 3.8) is 0 Å². The highest BCUT2D eigenvalue weighted by Gasteiger charge is 2.03. The summed E-state index contributed by atoms with van der Waals surface area (Å²) < 4.78 is 5.39. The average molecular weight is 496 g/mol. The van der Waals surface area contributed by atoms with E-state index in [1.807, 2.05) is 31.3 Å². The predicted octanol–water partition coefficient (Wildman–Crippen LogP) is 3.94. The van der Waals surface area contributed by atoms with E-state index in [-0.39, 0.29) is 24.0 Å². The molecule has 5 nitrogen and oxygen atoms in total. The lowest BCUT2D eigenvalue weighted by molar-refractivity contribution is 0.409. The van der Waals surface area contributed by atoms with Crippen molar-refractivity contribution in [2.75, 3.05) is 45.7 Å². The Kier molecular flexibility index (Phi) is 12.1. The molecular weight excluding hydrogens is 463 g/mol. The van der Waals surface area contributed by atoms with E-state index in [1.165, 1.54) is 11.3 Å². The Labute approximate surface area is 186 Å². The molecule has 0 heterocycles. The Morgan fingerprint density at radius 2 is 1.64 bits per heavy atom. The van der Waals surface area contributed by atoms with Crippen LogP contribution in [0, 0.1) is 0 Å². The van der Waals surface area contributed by atoms with Gasteiger partial charge >= 0.3 is 0 Å². The van der Waals surface area contributed by atoms with Crippen LogP contribution in [0.25, 0.3) is 0 Å². The topological polar surface area (TPSA) is 48.9 Å². The number of benzene rings is 2. The first kappa shape index (κ1) is 24.1. The summed E-state index contributed by atoms with van der Waals surface area (Å²) in [5, 5.41) is 6.75. The van der Waals surface area contributed by atoms with E-state index in [4.69, 9.17) is 4.74 Å². The van der Waals surface area contributed by atoms with Crippen LogP contribution < -0.4 is 20.3 Å². The van der Waals surface area contributed by atoms with Crippen LogP contribution in [-0.2, 0) is 6.42 Å². The molecule has 0 aromatic heterocycles. The molecule has 0 aliphatic heterocycles. The third-order valence-corrected chi connectivity index (χ3v) is 4.51. The summed E-state index contributed by atoms with van der Waals surface area (Å²) in [6, 6.07) is 18.6. The SMILES string of the molecule is CN=C(NCCCCN(C)c1ccccc1)NCCc1ccccc1OC.I. The Bertz CT molecular complexity index is 694. The normalized spacial score (nSPS) is 10.8. The van der Waals surface area contributed by atoms with Crippen molar-refractivity contribution in [3.8, 4) is 5.75 Å². The number of nitrogens with zero attached hydrogens (tertiary/aromatic N) is 2. The molecule has 2 aromatic carbocycles. The van der Waals surface area contributed by atoms with E-state index in [9.17, 15) is 0 Å². The molecule has 0 saturated carbocycles. The lowest BCUT2D eigenvalue weighted by Crippen LogP contribution is -2.38. The Morgan fingerprint density at radius 3 is 2.36 bits per heavy atom. The van der Waals surface area contributed by atoms with Gasteiger partial charge in [0.2, 0.25) is 0 Å². The molecule has 0 unspecified atom stereocenters. The minimum Gasteiger partial charge on any atom is -0.496 e. The van der Waals surface area contributed by atoms with E-state index >= 15 is 0 Å². The summed E-state index contributed by atoms with van der Waals surface area (Å²) in [5.74, 6) is 1.78. The van der Waals surface area contributed by atoms with Gasteiger partial charge in [-0.25, -0.2) is 0 Å². The second-order valence-electron chi connectivity index (χ2n) is 6.45. The number of methoxy groups -OCH3 is 1. The van der Waals surface area contributed by atoms with Gasteiger partial charge in [0.05, 0.1) is 7.11 Å². The van der Waals surface area contributed by atoms with Crippen molar-refractivity contribution < 1.29 is 4.74 Å². The van der Waals surface area contributed by atoms with Crippen molar-refractivity contribution in [2.24, 2.45) is 4.99 Å². The summed E-state index contributed by atoms with van der Waals surface area (Å²) in [7, 11) is 5.66. The van der Waals surface area contributed by atoms with Crippen LogP contribution in [0.5, 0.6) is 5.75 Å². The molecule has 0 atom stereocenters. The van der Waals surface area contributed by atoms with Crippen LogP contribution >= 0.6 is 24.0 Å². The molecule has 0 fully saturated rings. The van der Waals surface area contributed by atoms with Gasteiger partial charge < -0.3 is 20.3 Å². The maximum absolute atomic E-state index is 5.39. The molecule has 0 radical (unpaired) electrons. The molecule has 28 heavy (non-hydrogen) atoms. The van der Waals surface area contributed by atoms with Gasteiger partial charge in [-0.05, 0) is 43.0 Å². The number of guanidine groups is 1. The summed E-state index contributed by atoms with van der Waals surface area (Å²) in [6.07, 6.45) is 3.13. The van der Waals surface area contributed by atoms with Crippen LogP contribution in [0.15, 0.2) is 59.6 Å². The summed E-state index contributed by atoms with van der Waals surface area (Å²) in [5.41, 5.74) is 2.46. The quantitative estimate of drug-likeness (QED) is 0.227. The Morgan fingerprint density at radius 1 is 0.964 bits per heavy atom. The van der Waals surface area contributed by atoms with Gasteiger partial charge in [-0.2, -0.15) is 0 Å². The molecule has 0 aliphatic rings. The van der Waals surface area contributed by atoms with Crippen molar-refractivity contribution >= 4 is 35.6 Å². The zero-order valence-corrected chi connectivity index (χ0v) is 19.5. The molecule has 2 N–H and O–H groups in total. The van der Waals surface area contributed by atoms with Crippen molar-refractivity contribution in [3.05, 3.63) is 60.2 Å². The molecule has 0 spiro atoms. The van der Waals surface area contributed by atoms with Crippen LogP contribution in [0.1, 0.15) is 18.4 Å². The maximum atomic E-state index is 5.39. The molecule has 2 aromatic rings. The van der Waals surface area contributed by atoms with E-state index in [1.54, 1.807) is 7.11 Å². The largest absolute Gasteiger partial charge is 0.496 e. The number of nitrogens with one attached hydrogen (secondary N) is 2. The van der Waals surface area contributed by atoms with Gasteiger partial charge in [0.15, 0.2) is 5.96 Å². The summed E-state index contributed by atoms with van der Waals surface area (Å²) >= 11 is 0. The third kappa shape index (κ3) is 8.37. The maximum Gasteiger partial charge on any atom is 0.190 e. The standard InChI is InChI=1S/C22H32N4O.HI/c1-23-22(25-17-15-19-11-7-8-14-21(19)27-3)24-16-9-10-18-26(2)20-12-5-4-6-13-20;/h4-8,11-14H,9-10,15-18H2,1-3H3,(H2,23,24,25);1H. The Balaban J connectivity index is 0.00000392. The van der Waals surface area contributed by atoms with Crippen molar-refractivity contribution in [1.29, 1.82) is 0 Å². The number of rotatable bonds is 10. The number of para-hydroxylation sites is 2. The van der Waals surface area contributed by atoms with Crippen LogP contribution in [0.3, 0.4) is 0 Å². The van der Waals surface area contributed by atoms with E-state index in [0.717, 1.165) is 50.6 Å². The van der Waals surface area contributed by atoms with Crippen molar-refractivity contribution in [1.82, 2.24) is 10.6 Å². The van der Waals surface area contributed by atoms with Gasteiger partial charge in [-0.1, -0.05) is 36.4 Å². The molecule has 154 valence electrons. The number of unbranched alkanes of at least 4 members (excludes halogenated alkanes) is 1. The number of halogens is 1. The van der Waals surface area contributed by atoms with Gasteiger partial charge in [-0.3, -0.25) is 4.99 Å². The lowest BCUT2D eigenvalue weighted by atomic mass is 10.1. The molecule has 2 rings (SSSR count). The highest BCUT2D eigenvalue weighted by atomic mass is 127. The first-order valence-electron chi connectivity index (χ1n) is 9.57. The second-order valence-corrected chi connectivity index (χ2v) is 6.45. The van der Waals surface area contributed by atoms with Crippen LogP contribution in [0.4, 0.5) is 5.69 Å². The smallest absolute Gasteiger partial charge is 0.190 e. The number of anilines is 1. The van der Waals surface area contributed by atoms with E-state index < -0.39 is 0 Å². The van der Waals surface area contributed by atoms with Crippen LogP contribution in [-0.4, -0.2) is 46.8 Å². The fourth-order valence-corrected chi connectivity index (χ4v) is 2.94. The fraction of sp³-hybridized carbons (Fsp3) is 0.409. The second kappa shape index (κ2) is 14.1. The summed E-state index contributed by atoms with van der Waals surface area (Å²) in [6.45, 7) is 2.78. The van der Waals surface area contributed by atoms with Gasteiger partial charge in [0, 0.05) is 39.4 Å². The number of hydrogen-bond donors (Lipinski definition) is 2. The molecule has 0 saturated heterocycles. The number of aliphatic imine (C=N–C) groups is 1. The first-order valence-corrected chi connectivity index (χ1v) is 9.57. The van der Waals surface area contributed by atoms with Crippen molar-refractivity contribution in [2.45, 2.75) is 19.3 Å².